The fourth-order valence-corrected chi connectivity index (χ4v) is 17.4. The third kappa shape index (κ3) is 3.62. The van der Waals surface area contributed by atoms with Gasteiger partial charge >= 0.3 is 0 Å². The molecule has 0 bridgehead atoms. The first-order valence-corrected chi connectivity index (χ1v) is 19.9. The minimum absolute atomic E-state index is 0.279. The molecule has 0 amide bonds. The van der Waals surface area contributed by atoms with Gasteiger partial charge < -0.3 is 9.13 Å². The molecule has 0 aliphatic heterocycles. The molecule has 0 radical (unpaired) electrons. The van der Waals surface area contributed by atoms with Crippen molar-refractivity contribution in [2.45, 2.75) is 64.2 Å². The van der Waals surface area contributed by atoms with Gasteiger partial charge in [0, 0.05) is 42.7 Å². The summed E-state index contributed by atoms with van der Waals surface area (Å²) in [4.78, 5) is 0. The van der Waals surface area contributed by atoms with Gasteiger partial charge in [-0.3, -0.25) is 0 Å². The molecular formula is C40H40O2P2. The van der Waals surface area contributed by atoms with Crippen molar-refractivity contribution in [2.24, 2.45) is 10.8 Å². The zero-order valence-electron chi connectivity index (χ0n) is 25.3. The normalized spacial score (nSPS) is 25.0. The predicted molar refractivity (Wildman–Crippen MR) is 185 cm³/mol. The van der Waals surface area contributed by atoms with Crippen LogP contribution >= 0.6 is 14.3 Å². The molecule has 0 aromatic heterocycles. The standard InChI is InChI=1S/C40H40O2P2/c41-43(31-19-7-1-8-20-31,32-21-9-2-10-22-32)37-38(44(42,33-23-11-3-12-24-33)34-25-13-4-14-26-34)40-30-18-6-17-29-39(37,40)35-27-15-5-16-28-36(35)40/h1-4,7-14,19-26H,5-6,15-18,27-30H2. The molecule has 4 heteroatoms. The molecule has 4 aromatic carbocycles. The van der Waals surface area contributed by atoms with Crippen LogP contribution in [0.3, 0.4) is 0 Å². The average molecular weight is 615 g/mol. The van der Waals surface area contributed by atoms with E-state index in [1.165, 1.54) is 25.7 Å². The van der Waals surface area contributed by atoms with Gasteiger partial charge in [-0.2, -0.15) is 0 Å². The largest absolute Gasteiger partial charge is 0.309 e. The molecule has 2 unspecified atom stereocenters. The number of hydrogen-bond donors (Lipinski definition) is 0. The average Bonchev–Trinajstić information content (AvgIpc) is 3.38. The molecule has 0 heterocycles. The zero-order valence-corrected chi connectivity index (χ0v) is 27.1. The van der Waals surface area contributed by atoms with Crippen molar-refractivity contribution in [2.75, 3.05) is 0 Å². The van der Waals surface area contributed by atoms with Crippen LogP contribution in [-0.4, -0.2) is 0 Å². The molecule has 2 atom stereocenters. The summed E-state index contributed by atoms with van der Waals surface area (Å²) < 4.78 is 33.3. The van der Waals surface area contributed by atoms with Gasteiger partial charge in [-0.15, -0.1) is 0 Å². The van der Waals surface area contributed by atoms with Gasteiger partial charge in [0.1, 0.15) is 0 Å². The van der Waals surface area contributed by atoms with Crippen LogP contribution in [0.5, 0.6) is 0 Å². The summed E-state index contributed by atoms with van der Waals surface area (Å²) in [5.74, 6) is 0. The highest BCUT2D eigenvalue weighted by atomic mass is 31.2. The first kappa shape index (κ1) is 28.3. The van der Waals surface area contributed by atoms with Crippen LogP contribution < -0.4 is 21.2 Å². The van der Waals surface area contributed by atoms with E-state index in [2.05, 4.69) is 48.5 Å². The quantitative estimate of drug-likeness (QED) is 0.160. The summed E-state index contributed by atoms with van der Waals surface area (Å²) in [6, 6.07) is 40.7. The molecule has 0 spiro atoms. The molecule has 0 N–H and O–H groups in total. The molecule has 2 nitrogen and oxygen atoms in total. The Balaban J connectivity index is 1.55. The fraction of sp³-hybridized carbons (Fsp3) is 0.300. The summed E-state index contributed by atoms with van der Waals surface area (Å²) in [5, 5.41) is 5.51. The van der Waals surface area contributed by atoms with Gasteiger partial charge in [0.15, 0.2) is 14.3 Å². The summed E-state index contributed by atoms with van der Waals surface area (Å²) in [6.45, 7) is 0. The van der Waals surface area contributed by atoms with Crippen LogP contribution in [0.2, 0.25) is 0 Å². The Morgan fingerprint density at radius 2 is 0.682 bits per heavy atom. The Hall–Kier alpha value is -3.18. The third-order valence-electron chi connectivity index (χ3n) is 11.2. The number of benzene rings is 4. The monoisotopic (exact) mass is 614 g/mol. The fourth-order valence-electron chi connectivity index (χ4n) is 9.63. The van der Waals surface area contributed by atoms with Crippen LogP contribution in [0, 0.1) is 10.8 Å². The molecule has 4 aliphatic rings. The topological polar surface area (TPSA) is 34.1 Å². The lowest BCUT2D eigenvalue weighted by Crippen LogP contribution is -2.64. The second-order valence-electron chi connectivity index (χ2n) is 13.1. The van der Waals surface area contributed by atoms with Crippen LogP contribution in [0.25, 0.3) is 0 Å². The molecule has 0 saturated heterocycles. The minimum atomic E-state index is -3.39. The van der Waals surface area contributed by atoms with E-state index >= 15 is 9.13 Å². The van der Waals surface area contributed by atoms with E-state index < -0.39 is 14.3 Å². The van der Waals surface area contributed by atoms with Crippen molar-refractivity contribution < 1.29 is 9.13 Å². The Kier molecular flexibility index (Phi) is 6.90. The lowest BCUT2D eigenvalue weighted by molar-refractivity contribution is 0.0895. The van der Waals surface area contributed by atoms with E-state index in [1.54, 1.807) is 11.1 Å². The van der Waals surface area contributed by atoms with Gasteiger partial charge in [0.2, 0.25) is 0 Å². The van der Waals surface area contributed by atoms with Crippen molar-refractivity contribution >= 4 is 35.5 Å². The van der Waals surface area contributed by atoms with E-state index in [0.29, 0.717) is 0 Å². The highest BCUT2D eigenvalue weighted by Gasteiger charge is 2.78. The maximum Gasteiger partial charge on any atom is 0.168 e. The van der Waals surface area contributed by atoms with Crippen LogP contribution in [0.1, 0.15) is 64.2 Å². The first-order chi connectivity index (χ1) is 21.6. The van der Waals surface area contributed by atoms with Gasteiger partial charge in [-0.1, -0.05) is 158 Å². The number of rotatable bonds is 6. The molecule has 222 valence electrons. The molecule has 1 saturated carbocycles. The van der Waals surface area contributed by atoms with Gasteiger partial charge in [-0.25, -0.2) is 0 Å². The van der Waals surface area contributed by atoms with Crippen molar-refractivity contribution in [1.29, 1.82) is 0 Å². The van der Waals surface area contributed by atoms with Crippen molar-refractivity contribution in [3.05, 3.63) is 143 Å². The summed E-state index contributed by atoms with van der Waals surface area (Å²) in [6.07, 6.45) is 11.2. The summed E-state index contributed by atoms with van der Waals surface area (Å²) in [7, 11) is -6.78. The van der Waals surface area contributed by atoms with Crippen molar-refractivity contribution in [3.63, 3.8) is 0 Å². The molecule has 4 aromatic rings. The van der Waals surface area contributed by atoms with E-state index in [4.69, 9.17) is 0 Å². The SMILES string of the molecule is O=P(C1=C(P(=O)(c2ccccc2)c2ccccc2)C23CCCCCC12C1=C3CCCCC1)(c1ccccc1)c1ccccc1. The molecule has 1 fully saturated rings. The number of hydrogen-bond acceptors (Lipinski definition) is 2. The Bertz CT molecular complexity index is 1640. The van der Waals surface area contributed by atoms with Crippen LogP contribution in [0.4, 0.5) is 0 Å². The third-order valence-corrected chi connectivity index (χ3v) is 18.0. The molecule has 44 heavy (non-hydrogen) atoms. The van der Waals surface area contributed by atoms with Crippen LogP contribution in [0.15, 0.2) is 143 Å². The summed E-state index contributed by atoms with van der Waals surface area (Å²) >= 11 is 0. The summed E-state index contributed by atoms with van der Waals surface area (Å²) in [5.41, 5.74) is 2.57. The maximum absolute atomic E-state index is 16.6. The van der Waals surface area contributed by atoms with Crippen molar-refractivity contribution in [1.82, 2.24) is 0 Å². The second kappa shape index (κ2) is 10.7. The molecule has 4 aliphatic carbocycles. The maximum atomic E-state index is 16.6. The zero-order chi connectivity index (χ0) is 29.8. The Morgan fingerprint density at radius 3 is 1.00 bits per heavy atom. The van der Waals surface area contributed by atoms with Gasteiger partial charge in [-0.05, 0) is 38.5 Å². The first-order valence-electron chi connectivity index (χ1n) is 16.5. The number of allylic oxidation sites excluding steroid dienone is 4. The Labute approximate surface area is 262 Å². The van der Waals surface area contributed by atoms with Crippen LogP contribution in [-0.2, 0) is 9.13 Å². The highest BCUT2D eigenvalue weighted by Crippen LogP contribution is 2.92. The lowest BCUT2D eigenvalue weighted by Gasteiger charge is -2.73. The van der Waals surface area contributed by atoms with Gasteiger partial charge in [0.05, 0.1) is 0 Å². The van der Waals surface area contributed by atoms with Gasteiger partial charge in [0.25, 0.3) is 0 Å². The van der Waals surface area contributed by atoms with E-state index in [-0.39, 0.29) is 10.8 Å². The molecule has 8 rings (SSSR count). The van der Waals surface area contributed by atoms with E-state index in [9.17, 15) is 0 Å². The smallest absolute Gasteiger partial charge is 0.168 e. The van der Waals surface area contributed by atoms with Crippen molar-refractivity contribution in [3.8, 4) is 0 Å². The highest BCUT2D eigenvalue weighted by molar-refractivity contribution is 7.86. The predicted octanol–water partition coefficient (Wildman–Crippen LogP) is 9.45. The molecular weight excluding hydrogens is 574 g/mol. The van der Waals surface area contributed by atoms with E-state index in [0.717, 1.165) is 70.4 Å². The Morgan fingerprint density at radius 1 is 0.386 bits per heavy atom. The minimum Gasteiger partial charge on any atom is -0.309 e. The van der Waals surface area contributed by atoms with E-state index in [1.807, 2.05) is 72.8 Å². The lowest BCUT2D eigenvalue weighted by atomic mass is 9.37. The second-order valence-corrected chi connectivity index (χ2v) is 18.5.